The summed E-state index contributed by atoms with van der Waals surface area (Å²) in [7, 11) is 1.73. The van der Waals surface area contributed by atoms with Gasteiger partial charge in [0.05, 0.1) is 5.56 Å². The van der Waals surface area contributed by atoms with Crippen molar-refractivity contribution in [2.45, 2.75) is 45.8 Å². The number of para-hydroxylation sites is 1. The lowest BCUT2D eigenvalue weighted by Crippen LogP contribution is -2.45. The van der Waals surface area contributed by atoms with Crippen LogP contribution in [0.1, 0.15) is 59.9 Å². The van der Waals surface area contributed by atoms with Gasteiger partial charge in [-0.15, -0.1) is 0 Å². The van der Waals surface area contributed by atoms with Gasteiger partial charge in [0.15, 0.2) is 0 Å². The van der Waals surface area contributed by atoms with E-state index >= 15 is 0 Å². The van der Waals surface area contributed by atoms with Crippen LogP contribution < -0.4 is 10.5 Å². The molecule has 0 saturated carbocycles. The molecule has 1 fully saturated rings. The average Bonchev–Trinajstić information content (AvgIpc) is 2.81. The Morgan fingerprint density at radius 3 is 2.57 bits per heavy atom. The van der Waals surface area contributed by atoms with Crippen molar-refractivity contribution < 1.29 is 23.9 Å². The SMILES string of the molecule is CN(CC1CCCN(C(=O)c2cccc(COc3ccccc3C(N)=O)c2)C1)C(=O)OC(C)(C)C. The molecule has 188 valence electrons. The predicted molar refractivity (Wildman–Crippen MR) is 133 cm³/mol. The zero-order chi connectivity index (χ0) is 25.6. The Bertz CT molecular complexity index is 1060. The first-order chi connectivity index (χ1) is 16.5. The second kappa shape index (κ2) is 11.3. The van der Waals surface area contributed by atoms with E-state index in [-0.39, 0.29) is 24.5 Å². The molecule has 0 aliphatic carbocycles. The van der Waals surface area contributed by atoms with Gasteiger partial charge in [0.2, 0.25) is 0 Å². The maximum absolute atomic E-state index is 13.2. The summed E-state index contributed by atoms with van der Waals surface area (Å²) in [6, 6.07) is 14.1. The van der Waals surface area contributed by atoms with E-state index in [1.165, 1.54) is 0 Å². The number of rotatable bonds is 7. The summed E-state index contributed by atoms with van der Waals surface area (Å²) in [5.74, 6) is -0.0118. The van der Waals surface area contributed by atoms with Crippen LogP contribution in [-0.4, -0.2) is 60.0 Å². The third-order valence-corrected chi connectivity index (χ3v) is 5.76. The van der Waals surface area contributed by atoms with Crippen molar-refractivity contribution in [1.29, 1.82) is 0 Å². The number of hydrogen-bond donors (Lipinski definition) is 1. The largest absolute Gasteiger partial charge is 0.488 e. The Kier molecular flexibility index (Phi) is 8.38. The van der Waals surface area contributed by atoms with Crippen molar-refractivity contribution in [2.24, 2.45) is 11.7 Å². The van der Waals surface area contributed by atoms with Gasteiger partial charge in [-0.3, -0.25) is 9.59 Å². The summed E-state index contributed by atoms with van der Waals surface area (Å²) in [6.07, 6.45) is 1.47. The van der Waals surface area contributed by atoms with E-state index in [1.807, 2.05) is 43.9 Å². The average molecular weight is 482 g/mol. The molecule has 0 bridgehead atoms. The van der Waals surface area contributed by atoms with E-state index in [9.17, 15) is 14.4 Å². The highest BCUT2D eigenvalue weighted by atomic mass is 16.6. The van der Waals surface area contributed by atoms with Gasteiger partial charge in [0.1, 0.15) is 18.0 Å². The van der Waals surface area contributed by atoms with Crippen LogP contribution in [0.25, 0.3) is 0 Å². The number of benzene rings is 2. The molecule has 0 radical (unpaired) electrons. The van der Waals surface area contributed by atoms with Gasteiger partial charge in [-0.2, -0.15) is 0 Å². The molecule has 3 amide bonds. The molecule has 3 rings (SSSR count). The van der Waals surface area contributed by atoms with Crippen LogP contribution in [0.4, 0.5) is 4.79 Å². The van der Waals surface area contributed by atoms with Crippen molar-refractivity contribution in [3.8, 4) is 5.75 Å². The molecule has 35 heavy (non-hydrogen) atoms. The Morgan fingerprint density at radius 2 is 1.86 bits per heavy atom. The number of likely N-dealkylation sites (tertiary alicyclic amines) is 1. The van der Waals surface area contributed by atoms with Crippen molar-refractivity contribution in [1.82, 2.24) is 9.80 Å². The highest BCUT2D eigenvalue weighted by Crippen LogP contribution is 2.22. The molecular weight excluding hydrogens is 446 g/mol. The number of carbonyl (C=O) groups excluding carboxylic acids is 3. The number of nitrogens with zero attached hydrogens (tertiary/aromatic N) is 2. The van der Waals surface area contributed by atoms with Crippen LogP contribution in [-0.2, 0) is 11.3 Å². The molecule has 8 heteroatoms. The summed E-state index contributed by atoms with van der Waals surface area (Å²) in [6.45, 7) is 7.53. The first-order valence-corrected chi connectivity index (χ1v) is 11.9. The van der Waals surface area contributed by atoms with Gasteiger partial charge >= 0.3 is 6.09 Å². The lowest BCUT2D eigenvalue weighted by molar-refractivity contribution is 0.0244. The van der Waals surface area contributed by atoms with Crippen LogP contribution in [0.5, 0.6) is 5.75 Å². The van der Waals surface area contributed by atoms with Crippen molar-refractivity contribution in [2.75, 3.05) is 26.7 Å². The molecule has 1 unspecified atom stereocenters. The highest BCUT2D eigenvalue weighted by Gasteiger charge is 2.28. The van der Waals surface area contributed by atoms with E-state index in [0.717, 1.165) is 18.4 Å². The number of primary amides is 1. The molecule has 1 heterocycles. The third kappa shape index (κ3) is 7.47. The fourth-order valence-corrected chi connectivity index (χ4v) is 4.13. The standard InChI is InChI=1S/C27H35N3O5/c1-27(2,3)35-26(33)29(4)16-20-10-8-14-30(17-20)25(32)21-11-7-9-19(15-21)18-34-23-13-6-5-12-22(23)24(28)31/h5-7,9,11-13,15,20H,8,10,14,16-18H2,1-4H3,(H2,28,31). The van der Waals surface area contributed by atoms with Gasteiger partial charge in [0, 0.05) is 32.2 Å². The summed E-state index contributed by atoms with van der Waals surface area (Å²) in [4.78, 5) is 40.6. The van der Waals surface area contributed by atoms with Gasteiger partial charge < -0.3 is 25.0 Å². The van der Waals surface area contributed by atoms with E-state index in [0.29, 0.717) is 36.5 Å². The summed E-state index contributed by atoms with van der Waals surface area (Å²) in [5, 5.41) is 0. The second-order valence-corrected chi connectivity index (χ2v) is 9.97. The Labute approximate surface area is 207 Å². The molecule has 1 aliphatic rings. The predicted octanol–water partition coefficient (Wildman–Crippen LogP) is 4.08. The van der Waals surface area contributed by atoms with E-state index < -0.39 is 11.5 Å². The normalized spacial score (nSPS) is 15.9. The van der Waals surface area contributed by atoms with Gasteiger partial charge in [-0.05, 0) is 69.4 Å². The van der Waals surface area contributed by atoms with Gasteiger partial charge in [-0.25, -0.2) is 4.79 Å². The molecule has 1 saturated heterocycles. The van der Waals surface area contributed by atoms with Crippen molar-refractivity contribution in [3.05, 3.63) is 65.2 Å². The zero-order valence-corrected chi connectivity index (χ0v) is 21.0. The minimum absolute atomic E-state index is 0.0472. The van der Waals surface area contributed by atoms with E-state index in [4.69, 9.17) is 15.2 Å². The van der Waals surface area contributed by atoms with Gasteiger partial charge in [-0.1, -0.05) is 24.3 Å². The topological polar surface area (TPSA) is 102 Å². The monoisotopic (exact) mass is 481 g/mol. The number of hydrogen-bond acceptors (Lipinski definition) is 5. The lowest BCUT2D eigenvalue weighted by atomic mass is 9.96. The van der Waals surface area contributed by atoms with E-state index in [2.05, 4.69) is 0 Å². The Hall–Kier alpha value is -3.55. The zero-order valence-electron chi connectivity index (χ0n) is 21.0. The fourth-order valence-electron chi connectivity index (χ4n) is 4.13. The summed E-state index contributed by atoms with van der Waals surface area (Å²) in [5.41, 5.74) is 6.58. The van der Waals surface area contributed by atoms with Crippen LogP contribution in [0.3, 0.4) is 0 Å². The lowest BCUT2D eigenvalue weighted by Gasteiger charge is -2.35. The van der Waals surface area contributed by atoms with Crippen molar-refractivity contribution in [3.63, 3.8) is 0 Å². The minimum Gasteiger partial charge on any atom is -0.488 e. The first-order valence-electron chi connectivity index (χ1n) is 11.9. The third-order valence-electron chi connectivity index (χ3n) is 5.76. The van der Waals surface area contributed by atoms with Crippen LogP contribution in [0.15, 0.2) is 48.5 Å². The fraction of sp³-hybridized carbons (Fsp3) is 0.444. The molecular formula is C27H35N3O5. The molecule has 1 atom stereocenters. The summed E-state index contributed by atoms with van der Waals surface area (Å²) < 4.78 is 11.2. The first kappa shape index (κ1) is 26.1. The molecule has 1 aliphatic heterocycles. The van der Waals surface area contributed by atoms with Crippen molar-refractivity contribution >= 4 is 17.9 Å². The molecule has 2 aromatic rings. The maximum Gasteiger partial charge on any atom is 0.410 e. The highest BCUT2D eigenvalue weighted by molar-refractivity contribution is 5.95. The van der Waals surface area contributed by atoms with Gasteiger partial charge in [0.25, 0.3) is 11.8 Å². The minimum atomic E-state index is -0.554. The molecule has 2 aromatic carbocycles. The number of carbonyl (C=O) groups is 3. The smallest absolute Gasteiger partial charge is 0.410 e. The molecule has 8 nitrogen and oxygen atoms in total. The Morgan fingerprint density at radius 1 is 1.11 bits per heavy atom. The summed E-state index contributed by atoms with van der Waals surface area (Å²) >= 11 is 0. The molecule has 0 aromatic heterocycles. The Balaban J connectivity index is 1.61. The number of piperidine rings is 1. The van der Waals surface area contributed by atoms with E-state index in [1.54, 1.807) is 42.3 Å². The number of amides is 3. The van der Waals surface area contributed by atoms with Crippen LogP contribution in [0, 0.1) is 5.92 Å². The van der Waals surface area contributed by atoms with Crippen LogP contribution in [0.2, 0.25) is 0 Å². The maximum atomic E-state index is 13.2. The number of nitrogens with two attached hydrogens (primary N) is 1. The van der Waals surface area contributed by atoms with Crippen LogP contribution >= 0.6 is 0 Å². The second-order valence-electron chi connectivity index (χ2n) is 9.97. The molecule has 2 N–H and O–H groups in total. The molecule has 0 spiro atoms. The quantitative estimate of drug-likeness (QED) is 0.642. The number of ether oxygens (including phenoxy) is 2.